The van der Waals surface area contributed by atoms with E-state index in [0.717, 1.165) is 40.0 Å². The maximum Gasteiger partial charge on any atom is 0.228 e. The molecular formula is C37H36FN7O4. The number of methoxy groups -OCH3 is 2. The minimum atomic E-state index is -0.423. The number of hydrogen-bond donors (Lipinski definition) is 0. The van der Waals surface area contributed by atoms with Crippen molar-refractivity contribution >= 4 is 29.7 Å². The number of ether oxygens (including phenoxy) is 3. The lowest BCUT2D eigenvalue weighted by atomic mass is 10.1. The van der Waals surface area contributed by atoms with Gasteiger partial charge in [-0.3, -0.25) is 4.79 Å². The second-order valence-corrected chi connectivity index (χ2v) is 11.8. The van der Waals surface area contributed by atoms with Gasteiger partial charge < -0.3 is 28.9 Å². The van der Waals surface area contributed by atoms with Gasteiger partial charge in [-0.25, -0.2) is 19.3 Å². The summed E-state index contributed by atoms with van der Waals surface area (Å²) in [6.07, 6.45) is 4.89. The highest BCUT2D eigenvalue weighted by atomic mass is 19.1. The molecule has 0 amide bonds. The van der Waals surface area contributed by atoms with Gasteiger partial charge >= 0.3 is 0 Å². The quantitative estimate of drug-likeness (QED) is 0.164. The van der Waals surface area contributed by atoms with Crippen LogP contribution in [0.3, 0.4) is 0 Å². The number of halogens is 1. The smallest absolute Gasteiger partial charge is 0.228 e. The van der Waals surface area contributed by atoms with Gasteiger partial charge in [0.05, 0.1) is 38.8 Å². The standard InChI is InChI=1S/C37H36FN7O4/c1-47-29-8-3-25(4-9-29)22-44(23-26-5-10-30(48-2)11-6-26)36-39-20-28(21-40-36)34-31-13-14-45(33-19-27(24-46)7-12-32(33)38)35(31)42-37(41-34)43-15-17-49-18-16-43/h3-12,19-21,24H,13-18,22-23H2,1-2H3. The molecule has 1 saturated heterocycles. The first kappa shape index (κ1) is 32.0. The van der Waals surface area contributed by atoms with E-state index in [1.54, 1.807) is 32.7 Å². The summed E-state index contributed by atoms with van der Waals surface area (Å²) in [7, 11) is 3.30. The second-order valence-electron chi connectivity index (χ2n) is 11.8. The van der Waals surface area contributed by atoms with Crippen molar-refractivity contribution in [1.29, 1.82) is 0 Å². The Balaban J connectivity index is 1.25. The van der Waals surface area contributed by atoms with Crippen LogP contribution >= 0.6 is 0 Å². The third-order valence-corrected chi connectivity index (χ3v) is 8.77. The molecule has 0 spiro atoms. The largest absolute Gasteiger partial charge is 0.497 e. The molecule has 5 aromatic rings. The van der Waals surface area contributed by atoms with Gasteiger partial charge in [-0.1, -0.05) is 24.3 Å². The van der Waals surface area contributed by atoms with Gasteiger partial charge in [-0.05, 0) is 60.0 Å². The third kappa shape index (κ3) is 6.86. The third-order valence-electron chi connectivity index (χ3n) is 8.77. The van der Waals surface area contributed by atoms with Crippen molar-refractivity contribution in [3.05, 3.63) is 107 Å². The van der Waals surface area contributed by atoms with Crippen LogP contribution in [0.15, 0.2) is 79.1 Å². The Morgan fingerprint density at radius 1 is 0.857 bits per heavy atom. The highest BCUT2D eigenvalue weighted by Crippen LogP contribution is 2.40. The monoisotopic (exact) mass is 661 g/mol. The van der Waals surface area contributed by atoms with Crippen LogP contribution in [0.5, 0.6) is 11.5 Å². The van der Waals surface area contributed by atoms with Crippen molar-refractivity contribution in [3.8, 4) is 22.8 Å². The maximum absolute atomic E-state index is 15.2. The Labute approximate surface area is 283 Å². The predicted octanol–water partition coefficient (Wildman–Crippen LogP) is 5.64. The summed E-state index contributed by atoms with van der Waals surface area (Å²) in [5.41, 5.74) is 5.16. The van der Waals surface area contributed by atoms with Crippen molar-refractivity contribution in [2.75, 3.05) is 61.8 Å². The van der Waals surface area contributed by atoms with Crippen molar-refractivity contribution in [1.82, 2.24) is 19.9 Å². The van der Waals surface area contributed by atoms with Crippen LogP contribution in [-0.2, 0) is 24.2 Å². The molecule has 11 nitrogen and oxygen atoms in total. The molecule has 49 heavy (non-hydrogen) atoms. The second kappa shape index (κ2) is 14.2. The van der Waals surface area contributed by atoms with Crippen molar-refractivity contribution in [2.45, 2.75) is 19.5 Å². The van der Waals surface area contributed by atoms with E-state index in [4.69, 9.17) is 34.1 Å². The minimum absolute atomic E-state index is 0.306. The Morgan fingerprint density at radius 3 is 2.08 bits per heavy atom. The summed E-state index contributed by atoms with van der Waals surface area (Å²) in [4.78, 5) is 37.2. The Bertz CT molecular complexity index is 1870. The fraction of sp³-hybridized carbons (Fsp3) is 0.270. The molecule has 250 valence electrons. The van der Waals surface area contributed by atoms with Crippen LogP contribution in [0.2, 0.25) is 0 Å². The highest BCUT2D eigenvalue weighted by Gasteiger charge is 2.31. The van der Waals surface area contributed by atoms with E-state index in [2.05, 4.69) is 9.80 Å². The Kier molecular flexibility index (Phi) is 9.29. The van der Waals surface area contributed by atoms with E-state index in [1.807, 2.05) is 53.4 Å². The molecule has 2 aliphatic heterocycles. The van der Waals surface area contributed by atoms with E-state index in [-0.39, 0.29) is 0 Å². The van der Waals surface area contributed by atoms with E-state index in [9.17, 15) is 4.79 Å². The zero-order valence-electron chi connectivity index (χ0n) is 27.4. The fourth-order valence-corrected chi connectivity index (χ4v) is 6.14. The number of anilines is 4. The topological polar surface area (TPSA) is 106 Å². The number of rotatable bonds is 11. The Morgan fingerprint density at radius 2 is 1.49 bits per heavy atom. The summed E-state index contributed by atoms with van der Waals surface area (Å²) < 4.78 is 31.5. The van der Waals surface area contributed by atoms with Gasteiger partial charge in [-0.2, -0.15) is 4.98 Å². The number of fused-ring (bicyclic) bond motifs is 1. The molecule has 0 atom stereocenters. The molecule has 0 saturated carbocycles. The average Bonchev–Trinajstić information content (AvgIpc) is 3.59. The SMILES string of the molecule is COc1ccc(CN(Cc2ccc(OC)cc2)c2ncc(-c3nc(N4CCOCC4)nc4c3CCN4c3cc(C=O)ccc3F)cn2)cc1. The van der Waals surface area contributed by atoms with Crippen LogP contribution in [-0.4, -0.2) is 73.3 Å². The molecule has 7 rings (SSSR count). The van der Waals surface area contributed by atoms with E-state index >= 15 is 4.39 Å². The van der Waals surface area contributed by atoms with Gasteiger partial charge in [0.1, 0.15) is 29.4 Å². The molecule has 2 aliphatic rings. The number of aldehydes is 1. The molecule has 0 aliphatic carbocycles. The molecule has 12 heteroatoms. The molecule has 1 fully saturated rings. The van der Waals surface area contributed by atoms with Crippen LogP contribution in [0.25, 0.3) is 11.3 Å². The number of morpholine rings is 1. The number of carbonyl (C=O) groups is 1. The van der Waals surface area contributed by atoms with Crippen LogP contribution in [0.1, 0.15) is 27.0 Å². The fourth-order valence-electron chi connectivity index (χ4n) is 6.14. The number of benzene rings is 3. The van der Waals surface area contributed by atoms with E-state index < -0.39 is 5.82 Å². The van der Waals surface area contributed by atoms with Gasteiger partial charge in [0, 0.05) is 61.8 Å². The molecule has 0 unspecified atom stereocenters. The predicted molar refractivity (Wildman–Crippen MR) is 184 cm³/mol. The summed E-state index contributed by atoms with van der Waals surface area (Å²) in [6.45, 7) is 4.01. The highest BCUT2D eigenvalue weighted by molar-refractivity contribution is 5.81. The lowest BCUT2D eigenvalue weighted by molar-refractivity contribution is 0.112. The molecule has 2 aromatic heterocycles. The summed E-state index contributed by atoms with van der Waals surface area (Å²) in [5.74, 6) is 2.85. The molecule has 0 N–H and O–H groups in total. The van der Waals surface area contributed by atoms with Gasteiger partial charge in [0.15, 0.2) is 0 Å². The van der Waals surface area contributed by atoms with Crippen molar-refractivity contribution in [3.63, 3.8) is 0 Å². The maximum atomic E-state index is 15.2. The van der Waals surface area contributed by atoms with Crippen LogP contribution < -0.4 is 24.2 Å². The van der Waals surface area contributed by atoms with Crippen molar-refractivity contribution in [2.24, 2.45) is 0 Å². The summed E-state index contributed by atoms with van der Waals surface area (Å²) in [6, 6.07) is 20.2. The normalized spacial score (nSPS) is 14.0. The molecule has 0 bridgehead atoms. The molecular weight excluding hydrogens is 625 g/mol. The first-order chi connectivity index (χ1) is 24.0. The van der Waals surface area contributed by atoms with Gasteiger partial charge in [0.2, 0.25) is 11.9 Å². The lowest BCUT2D eigenvalue weighted by Crippen LogP contribution is -2.37. The zero-order valence-corrected chi connectivity index (χ0v) is 27.4. The number of hydrogen-bond acceptors (Lipinski definition) is 11. The minimum Gasteiger partial charge on any atom is -0.497 e. The number of nitrogens with zero attached hydrogens (tertiary/aromatic N) is 7. The summed E-state index contributed by atoms with van der Waals surface area (Å²) >= 11 is 0. The number of carbonyl (C=O) groups excluding carboxylic acids is 1. The van der Waals surface area contributed by atoms with E-state index in [0.29, 0.717) is 87.0 Å². The van der Waals surface area contributed by atoms with Crippen LogP contribution in [0.4, 0.5) is 27.8 Å². The van der Waals surface area contributed by atoms with Gasteiger partial charge in [-0.15, -0.1) is 0 Å². The Hall–Kier alpha value is -5.62. The van der Waals surface area contributed by atoms with Crippen LogP contribution in [0, 0.1) is 5.82 Å². The molecule has 3 aromatic carbocycles. The summed E-state index contributed by atoms with van der Waals surface area (Å²) in [5, 5.41) is 0. The van der Waals surface area contributed by atoms with Gasteiger partial charge in [0.25, 0.3) is 0 Å². The first-order valence-electron chi connectivity index (χ1n) is 16.1. The van der Waals surface area contributed by atoms with Crippen molar-refractivity contribution < 1.29 is 23.4 Å². The zero-order chi connectivity index (χ0) is 33.7. The van der Waals surface area contributed by atoms with E-state index in [1.165, 1.54) is 12.1 Å². The number of aromatic nitrogens is 4. The average molecular weight is 662 g/mol. The first-order valence-corrected chi connectivity index (χ1v) is 16.1. The molecule has 0 radical (unpaired) electrons. The molecule has 4 heterocycles. The lowest BCUT2D eigenvalue weighted by Gasteiger charge is -2.28.